The second-order valence-electron chi connectivity index (χ2n) is 10.8. The van der Waals surface area contributed by atoms with E-state index >= 15 is 0 Å². The molecule has 2 aliphatic heterocycles. The maximum absolute atomic E-state index is 12.9. The summed E-state index contributed by atoms with van der Waals surface area (Å²) in [5.74, 6) is -0.469. The summed E-state index contributed by atoms with van der Waals surface area (Å²) in [5, 5.41) is 0.981. The van der Waals surface area contributed by atoms with Crippen LogP contribution in [0.2, 0.25) is 0 Å². The van der Waals surface area contributed by atoms with Gasteiger partial charge in [-0.15, -0.1) is 0 Å². The quantitative estimate of drug-likeness (QED) is 0.551. The number of para-hydroxylation sites is 1. The largest absolute Gasteiger partial charge is 0.497 e. The molecule has 2 aromatic rings. The van der Waals surface area contributed by atoms with Crippen molar-refractivity contribution in [3.8, 4) is 0 Å². The van der Waals surface area contributed by atoms with Crippen molar-refractivity contribution in [2.75, 3.05) is 7.11 Å². The minimum atomic E-state index is -0.767. The summed E-state index contributed by atoms with van der Waals surface area (Å²) >= 11 is 0. The Hall–Kier alpha value is -2.52. The number of aromatic nitrogens is 1. The zero-order valence-corrected chi connectivity index (χ0v) is 20.7. The van der Waals surface area contributed by atoms with Crippen LogP contribution in [0.25, 0.3) is 10.9 Å². The minimum Gasteiger partial charge on any atom is -0.467 e. The Kier molecular flexibility index (Phi) is 5.57. The van der Waals surface area contributed by atoms with Crippen LogP contribution in [0.1, 0.15) is 59.7 Å². The van der Waals surface area contributed by atoms with Crippen LogP contribution in [-0.2, 0) is 36.5 Å². The van der Waals surface area contributed by atoms with Gasteiger partial charge in [0.1, 0.15) is 11.6 Å². The van der Waals surface area contributed by atoms with E-state index in [4.69, 9.17) is 18.8 Å². The third-order valence-electron chi connectivity index (χ3n) is 6.77. The second kappa shape index (κ2) is 7.77. The molecule has 0 saturated carbocycles. The van der Waals surface area contributed by atoms with Crippen molar-refractivity contribution in [3.05, 3.63) is 29.5 Å². The molecule has 0 radical (unpaired) electrons. The van der Waals surface area contributed by atoms with Crippen LogP contribution in [0.4, 0.5) is 4.79 Å². The Labute approximate surface area is 195 Å². The molecule has 1 N–H and O–H groups in total. The first-order chi connectivity index (χ1) is 15.2. The number of hydrogen-bond acceptors (Lipinski definition) is 6. The molecule has 1 fully saturated rings. The van der Waals surface area contributed by atoms with Crippen molar-refractivity contribution in [1.29, 1.82) is 0 Å². The van der Waals surface area contributed by atoms with E-state index in [0.29, 0.717) is 6.42 Å². The third-order valence-corrected chi connectivity index (χ3v) is 6.77. The average molecular weight is 456 g/mol. The molecule has 1 saturated heterocycles. The lowest BCUT2D eigenvalue weighted by Crippen LogP contribution is -2.50. The SMILES string of the molecule is COC(=O)[C@@H]1Cc2c([nH]c3c(B4OC(C)(C)C(C)(C)O4)cccc23)CN1C(=O)OC(C)(C)C. The number of methoxy groups -OCH3 is 1. The van der Waals surface area contributed by atoms with Crippen molar-refractivity contribution in [2.24, 2.45) is 0 Å². The maximum Gasteiger partial charge on any atom is 0.497 e. The summed E-state index contributed by atoms with van der Waals surface area (Å²) in [7, 11) is 0.800. The lowest BCUT2D eigenvalue weighted by atomic mass is 9.77. The molecule has 1 amide bonds. The van der Waals surface area contributed by atoms with Gasteiger partial charge in [0, 0.05) is 28.5 Å². The topological polar surface area (TPSA) is 90.1 Å². The van der Waals surface area contributed by atoms with Gasteiger partial charge in [-0.2, -0.15) is 0 Å². The van der Waals surface area contributed by atoms with E-state index in [-0.39, 0.29) is 6.54 Å². The average Bonchev–Trinajstić information content (AvgIpc) is 3.17. The van der Waals surface area contributed by atoms with E-state index in [1.54, 1.807) is 20.8 Å². The molecule has 33 heavy (non-hydrogen) atoms. The van der Waals surface area contributed by atoms with Crippen molar-refractivity contribution in [1.82, 2.24) is 9.88 Å². The Morgan fingerprint density at radius 1 is 1.15 bits per heavy atom. The smallest absolute Gasteiger partial charge is 0.467 e. The highest BCUT2D eigenvalue weighted by molar-refractivity contribution is 6.65. The first-order valence-electron chi connectivity index (χ1n) is 11.3. The molecule has 4 rings (SSSR count). The zero-order valence-electron chi connectivity index (χ0n) is 20.7. The van der Waals surface area contributed by atoms with Gasteiger partial charge in [-0.25, -0.2) is 9.59 Å². The predicted octanol–water partition coefficient (Wildman–Crippen LogP) is 3.30. The van der Waals surface area contributed by atoms with Gasteiger partial charge in [0.05, 0.1) is 24.9 Å². The molecule has 8 nitrogen and oxygen atoms in total. The summed E-state index contributed by atoms with van der Waals surface area (Å²) in [6.45, 7) is 13.7. The van der Waals surface area contributed by atoms with Gasteiger partial charge in [0.15, 0.2) is 0 Å². The fourth-order valence-electron chi connectivity index (χ4n) is 4.33. The first-order valence-corrected chi connectivity index (χ1v) is 11.3. The summed E-state index contributed by atoms with van der Waals surface area (Å²) in [6, 6.07) is 5.19. The van der Waals surface area contributed by atoms with Crippen molar-refractivity contribution in [3.63, 3.8) is 0 Å². The van der Waals surface area contributed by atoms with Crippen LogP contribution < -0.4 is 5.46 Å². The number of benzene rings is 1. The van der Waals surface area contributed by atoms with E-state index in [0.717, 1.165) is 27.6 Å². The van der Waals surface area contributed by atoms with Crippen LogP contribution in [0.15, 0.2) is 18.2 Å². The molecule has 1 aromatic carbocycles. The van der Waals surface area contributed by atoms with Crippen LogP contribution in [0, 0.1) is 0 Å². The number of aromatic amines is 1. The summed E-state index contributed by atoms with van der Waals surface area (Å²) in [5.41, 5.74) is 2.02. The van der Waals surface area contributed by atoms with Crippen LogP contribution in [0.5, 0.6) is 0 Å². The predicted molar refractivity (Wildman–Crippen MR) is 125 cm³/mol. The molecular weight excluding hydrogens is 423 g/mol. The molecule has 0 spiro atoms. The van der Waals surface area contributed by atoms with Gasteiger partial charge < -0.3 is 23.8 Å². The molecule has 1 aromatic heterocycles. The number of H-pyrrole nitrogens is 1. The Morgan fingerprint density at radius 3 is 2.36 bits per heavy atom. The van der Waals surface area contributed by atoms with Gasteiger partial charge in [-0.05, 0) is 54.0 Å². The van der Waals surface area contributed by atoms with Crippen LogP contribution >= 0.6 is 0 Å². The third kappa shape index (κ3) is 4.12. The standard InChI is InChI=1S/C24H33BN2O6/c1-22(2,3)31-21(29)27-13-17-15(12-18(27)20(28)30-8)14-10-9-11-16(19(14)26-17)25-32-23(4,5)24(6,7)33-25/h9-11,18,26H,12-13H2,1-8H3/t18-/m0/s1. The molecule has 0 aliphatic carbocycles. The van der Waals surface area contributed by atoms with Crippen molar-refractivity contribution in [2.45, 2.75) is 84.3 Å². The van der Waals surface area contributed by atoms with Gasteiger partial charge in [0.2, 0.25) is 0 Å². The summed E-state index contributed by atoms with van der Waals surface area (Å²) in [6.07, 6.45) is -0.220. The number of amides is 1. The van der Waals surface area contributed by atoms with Gasteiger partial charge in [-0.3, -0.25) is 4.90 Å². The highest BCUT2D eigenvalue weighted by Crippen LogP contribution is 2.38. The molecule has 178 valence electrons. The first kappa shape index (κ1) is 23.6. The highest BCUT2D eigenvalue weighted by Gasteiger charge is 2.52. The number of fused-ring (bicyclic) bond motifs is 3. The highest BCUT2D eigenvalue weighted by atomic mass is 16.7. The van der Waals surface area contributed by atoms with E-state index in [9.17, 15) is 9.59 Å². The van der Waals surface area contributed by atoms with Gasteiger partial charge >= 0.3 is 19.2 Å². The molecule has 1 atom stereocenters. The maximum atomic E-state index is 12.9. The Balaban J connectivity index is 1.75. The normalized spacial score (nSPS) is 21.8. The Bertz CT molecular complexity index is 1080. The monoisotopic (exact) mass is 456 g/mol. The molecule has 3 heterocycles. The summed E-state index contributed by atoms with van der Waals surface area (Å²) < 4.78 is 23.1. The van der Waals surface area contributed by atoms with E-state index in [1.807, 2.05) is 45.9 Å². The molecule has 0 bridgehead atoms. The number of nitrogens with one attached hydrogen (secondary N) is 1. The van der Waals surface area contributed by atoms with Crippen LogP contribution in [0.3, 0.4) is 0 Å². The Morgan fingerprint density at radius 2 is 1.79 bits per heavy atom. The number of carbonyl (C=O) groups excluding carboxylic acids is 2. The number of esters is 1. The second-order valence-corrected chi connectivity index (χ2v) is 10.8. The lowest BCUT2D eigenvalue weighted by molar-refractivity contribution is -0.147. The lowest BCUT2D eigenvalue weighted by Gasteiger charge is -2.35. The molecule has 2 aliphatic rings. The number of rotatable bonds is 2. The van der Waals surface area contributed by atoms with E-state index in [1.165, 1.54) is 12.0 Å². The number of carbonyl (C=O) groups is 2. The van der Waals surface area contributed by atoms with Gasteiger partial charge in [-0.1, -0.05) is 18.2 Å². The zero-order chi connectivity index (χ0) is 24.3. The van der Waals surface area contributed by atoms with Crippen molar-refractivity contribution < 1.29 is 28.4 Å². The van der Waals surface area contributed by atoms with E-state index < -0.39 is 42.0 Å². The number of hydrogen-bond donors (Lipinski definition) is 1. The molecular formula is C24H33BN2O6. The van der Waals surface area contributed by atoms with E-state index in [2.05, 4.69) is 4.98 Å². The van der Waals surface area contributed by atoms with Crippen molar-refractivity contribution >= 4 is 35.5 Å². The number of nitrogens with zero attached hydrogens (tertiary/aromatic N) is 1. The molecule has 0 unspecified atom stereocenters. The number of ether oxygens (including phenoxy) is 2. The molecule has 9 heteroatoms. The van der Waals surface area contributed by atoms with Gasteiger partial charge in [0.25, 0.3) is 0 Å². The van der Waals surface area contributed by atoms with Crippen LogP contribution in [-0.4, -0.2) is 59.0 Å². The minimum absolute atomic E-state index is 0.210. The summed E-state index contributed by atoms with van der Waals surface area (Å²) in [4.78, 5) is 30.5. The fourth-order valence-corrected chi connectivity index (χ4v) is 4.33. The fraction of sp³-hybridized carbons (Fsp3) is 0.583.